The summed E-state index contributed by atoms with van der Waals surface area (Å²) in [5, 5.41) is 0.438. The lowest BCUT2D eigenvalue weighted by atomic mass is 10.0. The third-order valence-corrected chi connectivity index (χ3v) is 3.01. The molecule has 0 bridgehead atoms. The van der Waals surface area contributed by atoms with Crippen LogP contribution in [0.15, 0.2) is 12.1 Å². The van der Waals surface area contributed by atoms with Gasteiger partial charge in [-0.05, 0) is 12.1 Å². The predicted molar refractivity (Wildman–Crippen MR) is 59.4 cm³/mol. The SMILES string of the molecule is Nc1c2c(nc3c(F)c(F)ccc13)CCOC2. The molecule has 0 atom stereocenters. The number of hydrogen-bond acceptors (Lipinski definition) is 3. The molecule has 0 fully saturated rings. The van der Waals surface area contributed by atoms with Crippen LogP contribution in [0.1, 0.15) is 11.3 Å². The molecule has 1 aromatic heterocycles. The number of rotatable bonds is 0. The number of pyridine rings is 1. The molecular formula is C12H10F2N2O. The summed E-state index contributed by atoms with van der Waals surface area (Å²) in [6.07, 6.45) is 0.575. The van der Waals surface area contributed by atoms with Crippen LogP contribution < -0.4 is 5.73 Å². The van der Waals surface area contributed by atoms with Gasteiger partial charge in [0.15, 0.2) is 11.6 Å². The average Bonchev–Trinajstić information content (AvgIpc) is 2.35. The van der Waals surface area contributed by atoms with Crippen LogP contribution >= 0.6 is 0 Å². The molecule has 88 valence electrons. The Morgan fingerprint density at radius 1 is 1.29 bits per heavy atom. The maximum Gasteiger partial charge on any atom is 0.185 e. The van der Waals surface area contributed by atoms with E-state index in [1.54, 1.807) is 0 Å². The Morgan fingerprint density at radius 3 is 2.94 bits per heavy atom. The van der Waals surface area contributed by atoms with E-state index >= 15 is 0 Å². The van der Waals surface area contributed by atoms with Crippen LogP contribution in [0, 0.1) is 11.6 Å². The van der Waals surface area contributed by atoms with Crippen LogP contribution in [0.4, 0.5) is 14.5 Å². The Labute approximate surface area is 96.2 Å². The Hall–Kier alpha value is -1.75. The number of benzene rings is 1. The summed E-state index contributed by atoms with van der Waals surface area (Å²) in [5.41, 5.74) is 7.87. The van der Waals surface area contributed by atoms with Crippen molar-refractivity contribution in [2.45, 2.75) is 13.0 Å². The number of hydrogen-bond donors (Lipinski definition) is 1. The van der Waals surface area contributed by atoms with Gasteiger partial charge in [0.05, 0.1) is 18.9 Å². The number of ether oxygens (including phenoxy) is 1. The zero-order chi connectivity index (χ0) is 12.0. The highest BCUT2D eigenvalue weighted by Gasteiger charge is 2.19. The van der Waals surface area contributed by atoms with E-state index in [1.807, 2.05) is 0 Å². The first kappa shape index (κ1) is 10.4. The van der Waals surface area contributed by atoms with Crippen molar-refractivity contribution in [3.8, 4) is 0 Å². The molecule has 5 heteroatoms. The summed E-state index contributed by atoms with van der Waals surface area (Å²) in [5.74, 6) is -1.85. The lowest BCUT2D eigenvalue weighted by Crippen LogP contribution is -2.15. The number of nitrogens with zero attached hydrogens (tertiary/aromatic N) is 1. The van der Waals surface area contributed by atoms with Crippen LogP contribution in [0.5, 0.6) is 0 Å². The molecule has 0 amide bonds. The Morgan fingerprint density at radius 2 is 2.12 bits per heavy atom. The molecule has 0 saturated heterocycles. The fourth-order valence-corrected chi connectivity index (χ4v) is 2.10. The van der Waals surface area contributed by atoms with Crippen molar-refractivity contribution in [1.82, 2.24) is 4.98 Å². The van der Waals surface area contributed by atoms with E-state index in [2.05, 4.69) is 4.98 Å². The van der Waals surface area contributed by atoms with Gasteiger partial charge >= 0.3 is 0 Å². The molecule has 2 aromatic rings. The number of nitrogens with two attached hydrogens (primary N) is 1. The molecule has 3 nitrogen and oxygen atoms in total. The van der Waals surface area contributed by atoms with Crippen molar-refractivity contribution >= 4 is 16.6 Å². The Balaban J connectivity index is 2.40. The molecule has 0 unspecified atom stereocenters. The van der Waals surface area contributed by atoms with Crippen molar-refractivity contribution < 1.29 is 13.5 Å². The minimum atomic E-state index is -0.941. The van der Waals surface area contributed by atoms with Crippen molar-refractivity contribution in [2.24, 2.45) is 0 Å². The lowest BCUT2D eigenvalue weighted by Gasteiger charge is -2.19. The van der Waals surface area contributed by atoms with E-state index in [-0.39, 0.29) is 5.52 Å². The fraction of sp³-hybridized carbons (Fsp3) is 0.250. The smallest absolute Gasteiger partial charge is 0.185 e. The molecule has 0 spiro atoms. The Kier molecular flexibility index (Phi) is 2.22. The van der Waals surface area contributed by atoms with Gasteiger partial charge in [-0.15, -0.1) is 0 Å². The molecule has 0 radical (unpaired) electrons. The van der Waals surface area contributed by atoms with E-state index in [4.69, 9.17) is 10.5 Å². The van der Waals surface area contributed by atoms with E-state index in [0.717, 1.165) is 11.6 Å². The number of anilines is 1. The first-order valence-corrected chi connectivity index (χ1v) is 5.31. The van der Waals surface area contributed by atoms with Crippen LogP contribution in [-0.4, -0.2) is 11.6 Å². The minimum Gasteiger partial charge on any atom is -0.398 e. The van der Waals surface area contributed by atoms with Gasteiger partial charge in [-0.3, -0.25) is 0 Å². The molecular weight excluding hydrogens is 226 g/mol. The number of fused-ring (bicyclic) bond motifs is 2. The number of nitrogen functional groups attached to an aromatic ring is 1. The predicted octanol–water partition coefficient (Wildman–Crippen LogP) is 2.17. The fourth-order valence-electron chi connectivity index (χ4n) is 2.10. The summed E-state index contributed by atoms with van der Waals surface area (Å²) in [7, 11) is 0. The summed E-state index contributed by atoms with van der Waals surface area (Å²) >= 11 is 0. The second kappa shape index (κ2) is 3.63. The van der Waals surface area contributed by atoms with Crippen LogP contribution in [0.25, 0.3) is 10.9 Å². The minimum absolute atomic E-state index is 0.00292. The second-order valence-corrected chi connectivity index (χ2v) is 4.01. The standard InChI is InChI=1S/C12H10F2N2O/c13-8-2-1-6-11(15)7-5-17-4-3-9(7)16-12(6)10(8)14/h1-2H,3-5H2,(H2,15,16). The van der Waals surface area contributed by atoms with Gasteiger partial charge in [0.25, 0.3) is 0 Å². The molecule has 1 aliphatic heterocycles. The molecule has 3 rings (SSSR count). The van der Waals surface area contributed by atoms with Crippen molar-refractivity contribution in [1.29, 1.82) is 0 Å². The van der Waals surface area contributed by atoms with Gasteiger partial charge in [0.2, 0.25) is 0 Å². The maximum absolute atomic E-state index is 13.6. The van der Waals surface area contributed by atoms with E-state index < -0.39 is 11.6 Å². The summed E-state index contributed by atoms with van der Waals surface area (Å²) < 4.78 is 32.0. The third kappa shape index (κ3) is 1.46. The zero-order valence-electron chi connectivity index (χ0n) is 8.96. The normalized spacial score (nSPS) is 14.9. The van der Waals surface area contributed by atoms with Crippen molar-refractivity contribution in [3.63, 3.8) is 0 Å². The first-order valence-electron chi connectivity index (χ1n) is 5.31. The van der Waals surface area contributed by atoms with Gasteiger partial charge in [-0.1, -0.05) is 0 Å². The first-order chi connectivity index (χ1) is 8.18. The zero-order valence-corrected chi connectivity index (χ0v) is 8.96. The maximum atomic E-state index is 13.6. The largest absolute Gasteiger partial charge is 0.398 e. The van der Waals surface area contributed by atoms with Crippen LogP contribution in [-0.2, 0) is 17.8 Å². The monoisotopic (exact) mass is 236 g/mol. The van der Waals surface area contributed by atoms with Gasteiger partial charge in [-0.25, -0.2) is 13.8 Å². The van der Waals surface area contributed by atoms with Crippen molar-refractivity contribution in [2.75, 3.05) is 12.3 Å². The third-order valence-electron chi connectivity index (χ3n) is 3.01. The summed E-state index contributed by atoms with van der Waals surface area (Å²) in [4.78, 5) is 4.16. The number of aromatic nitrogens is 1. The molecule has 17 heavy (non-hydrogen) atoms. The second-order valence-electron chi connectivity index (χ2n) is 4.01. The highest BCUT2D eigenvalue weighted by atomic mass is 19.2. The summed E-state index contributed by atoms with van der Waals surface area (Å²) in [6, 6.07) is 2.51. The van der Waals surface area contributed by atoms with Gasteiger partial charge in [-0.2, -0.15) is 0 Å². The lowest BCUT2D eigenvalue weighted by molar-refractivity contribution is 0.110. The molecule has 2 heterocycles. The molecule has 2 N–H and O–H groups in total. The van der Waals surface area contributed by atoms with Gasteiger partial charge in [0, 0.05) is 23.1 Å². The summed E-state index contributed by atoms with van der Waals surface area (Å²) in [6.45, 7) is 0.908. The molecule has 1 aromatic carbocycles. The average molecular weight is 236 g/mol. The molecule has 1 aliphatic rings. The molecule has 0 saturated carbocycles. The van der Waals surface area contributed by atoms with Crippen molar-refractivity contribution in [3.05, 3.63) is 35.0 Å². The highest BCUT2D eigenvalue weighted by molar-refractivity contribution is 5.92. The van der Waals surface area contributed by atoms with E-state index in [9.17, 15) is 8.78 Å². The Bertz CT molecular complexity index is 613. The topological polar surface area (TPSA) is 48.1 Å². The van der Waals surface area contributed by atoms with Crippen LogP contribution in [0.3, 0.4) is 0 Å². The number of halogens is 2. The van der Waals surface area contributed by atoms with Crippen LogP contribution in [0.2, 0.25) is 0 Å². The van der Waals surface area contributed by atoms with Gasteiger partial charge < -0.3 is 10.5 Å². The highest BCUT2D eigenvalue weighted by Crippen LogP contribution is 2.30. The van der Waals surface area contributed by atoms with E-state index in [1.165, 1.54) is 6.07 Å². The quantitative estimate of drug-likeness (QED) is 0.762. The van der Waals surface area contributed by atoms with E-state index in [0.29, 0.717) is 36.4 Å². The van der Waals surface area contributed by atoms with Gasteiger partial charge in [0.1, 0.15) is 5.52 Å². The molecule has 0 aliphatic carbocycles.